The predicted molar refractivity (Wildman–Crippen MR) is 63.8 cm³/mol. The molecule has 1 saturated carbocycles. The van der Waals surface area contributed by atoms with E-state index in [1.54, 1.807) is 0 Å². The fourth-order valence-corrected chi connectivity index (χ4v) is 1.98. The maximum atomic E-state index is 12.0. The van der Waals surface area contributed by atoms with Gasteiger partial charge in [-0.3, -0.25) is 4.79 Å². The van der Waals surface area contributed by atoms with E-state index >= 15 is 0 Å². The van der Waals surface area contributed by atoms with Gasteiger partial charge in [-0.25, -0.2) is 0 Å². The van der Waals surface area contributed by atoms with E-state index in [9.17, 15) is 4.79 Å². The van der Waals surface area contributed by atoms with Gasteiger partial charge in [-0.2, -0.15) is 0 Å². The van der Waals surface area contributed by atoms with Crippen molar-refractivity contribution in [2.45, 2.75) is 32.7 Å². The van der Waals surface area contributed by atoms with Crippen LogP contribution < -0.4 is 0 Å². The molecule has 0 atom stereocenters. The third-order valence-electron chi connectivity index (χ3n) is 3.14. The van der Waals surface area contributed by atoms with Gasteiger partial charge in [0.25, 0.3) is 0 Å². The average molecular weight is 220 g/mol. The molecule has 2 rings (SSSR count). The van der Waals surface area contributed by atoms with Crippen LogP contribution in [0.15, 0.2) is 18.3 Å². The molecule has 0 N–H and O–H groups in total. The molecule has 0 spiro atoms. The van der Waals surface area contributed by atoms with E-state index in [0.717, 1.165) is 32.4 Å². The van der Waals surface area contributed by atoms with Crippen LogP contribution in [0.5, 0.6) is 0 Å². The molecule has 1 aromatic rings. The zero-order chi connectivity index (χ0) is 11.5. The summed E-state index contributed by atoms with van der Waals surface area (Å²) in [4.78, 5) is 14.1. The lowest BCUT2D eigenvalue weighted by Gasteiger charge is -2.22. The summed E-state index contributed by atoms with van der Waals surface area (Å²) < 4.78 is 2.09. The predicted octanol–water partition coefficient (Wildman–Crippen LogP) is 2.17. The van der Waals surface area contributed by atoms with E-state index in [1.807, 2.05) is 24.2 Å². The maximum Gasteiger partial charge on any atom is 0.226 e. The zero-order valence-corrected chi connectivity index (χ0v) is 10.1. The van der Waals surface area contributed by atoms with Gasteiger partial charge < -0.3 is 9.47 Å². The normalized spacial score (nSPS) is 15.1. The van der Waals surface area contributed by atoms with Crippen molar-refractivity contribution in [3.8, 4) is 0 Å². The van der Waals surface area contributed by atoms with Crippen LogP contribution in [0, 0.1) is 5.92 Å². The highest BCUT2D eigenvalue weighted by Gasteiger charge is 2.33. The summed E-state index contributed by atoms with van der Waals surface area (Å²) in [6, 6.07) is 4.11. The quantitative estimate of drug-likeness (QED) is 0.746. The molecule has 1 amide bonds. The summed E-state index contributed by atoms with van der Waals surface area (Å²) in [5.41, 5.74) is 1.21. The first-order valence-corrected chi connectivity index (χ1v) is 6.11. The molecule has 0 unspecified atom stereocenters. The molecule has 1 aromatic heterocycles. The van der Waals surface area contributed by atoms with Crippen molar-refractivity contribution in [1.82, 2.24) is 9.47 Å². The molecular weight excluding hydrogens is 200 g/mol. The molecule has 0 saturated heterocycles. The van der Waals surface area contributed by atoms with Crippen LogP contribution in [0.3, 0.4) is 0 Å². The summed E-state index contributed by atoms with van der Waals surface area (Å²) >= 11 is 0. The minimum Gasteiger partial charge on any atom is -0.353 e. The van der Waals surface area contributed by atoms with E-state index < -0.39 is 0 Å². The van der Waals surface area contributed by atoms with Crippen LogP contribution in [0.1, 0.15) is 31.9 Å². The Bertz CT molecular complexity index is 366. The lowest BCUT2D eigenvalue weighted by molar-refractivity contribution is -0.133. The lowest BCUT2D eigenvalue weighted by Crippen LogP contribution is -2.33. The molecule has 0 aliphatic heterocycles. The Morgan fingerprint density at radius 2 is 2.31 bits per heavy atom. The van der Waals surface area contributed by atoms with E-state index in [-0.39, 0.29) is 0 Å². The van der Waals surface area contributed by atoms with Crippen LogP contribution in [0.2, 0.25) is 0 Å². The van der Waals surface area contributed by atoms with E-state index in [1.165, 1.54) is 5.69 Å². The van der Waals surface area contributed by atoms with Crippen molar-refractivity contribution in [1.29, 1.82) is 0 Å². The fourth-order valence-electron chi connectivity index (χ4n) is 1.98. The second-order valence-corrected chi connectivity index (χ2v) is 4.64. The van der Waals surface area contributed by atoms with Crippen molar-refractivity contribution in [2.24, 2.45) is 13.0 Å². The van der Waals surface area contributed by atoms with Gasteiger partial charge in [-0.05, 0) is 31.4 Å². The van der Waals surface area contributed by atoms with Gasteiger partial charge in [-0.15, -0.1) is 0 Å². The number of aromatic nitrogens is 1. The number of nitrogens with zero attached hydrogens (tertiary/aromatic N) is 2. The Balaban J connectivity index is 2.02. The molecular formula is C13H20N2O. The third kappa shape index (κ3) is 2.46. The Kier molecular flexibility index (Phi) is 3.32. The number of aryl methyl sites for hydroxylation is 1. The highest BCUT2D eigenvalue weighted by molar-refractivity contribution is 5.81. The number of carbonyl (C=O) groups is 1. The monoisotopic (exact) mass is 220 g/mol. The van der Waals surface area contributed by atoms with E-state index in [0.29, 0.717) is 11.8 Å². The fraction of sp³-hybridized carbons (Fsp3) is 0.615. The van der Waals surface area contributed by atoms with Crippen molar-refractivity contribution < 1.29 is 4.79 Å². The first-order chi connectivity index (χ1) is 7.72. The topological polar surface area (TPSA) is 25.2 Å². The summed E-state index contributed by atoms with van der Waals surface area (Å²) in [7, 11) is 2.03. The van der Waals surface area contributed by atoms with Crippen LogP contribution in [0.4, 0.5) is 0 Å². The summed E-state index contributed by atoms with van der Waals surface area (Å²) in [5.74, 6) is 0.676. The molecule has 0 bridgehead atoms. The summed E-state index contributed by atoms with van der Waals surface area (Å²) in [5, 5.41) is 0. The van der Waals surface area contributed by atoms with Gasteiger partial charge >= 0.3 is 0 Å². The van der Waals surface area contributed by atoms with Crippen LogP contribution >= 0.6 is 0 Å². The van der Waals surface area contributed by atoms with Gasteiger partial charge in [0.15, 0.2) is 0 Å². The Morgan fingerprint density at radius 1 is 1.56 bits per heavy atom. The summed E-state index contributed by atoms with van der Waals surface area (Å²) in [6.07, 6.45) is 5.24. The smallest absolute Gasteiger partial charge is 0.226 e. The van der Waals surface area contributed by atoms with Crippen molar-refractivity contribution >= 4 is 5.91 Å². The van der Waals surface area contributed by atoms with Gasteiger partial charge in [0.05, 0.1) is 6.54 Å². The molecule has 16 heavy (non-hydrogen) atoms. The lowest BCUT2D eigenvalue weighted by atomic mass is 10.3. The first kappa shape index (κ1) is 11.2. The first-order valence-electron chi connectivity index (χ1n) is 6.11. The van der Waals surface area contributed by atoms with Crippen molar-refractivity contribution in [3.05, 3.63) is 24.0 Å². The molecule has 1 aliphatic rings. The van der Waals surface area contributed by atoms with Crippen molar-refractivity contribution in [2.75, 3.05) is 6.54 Å². The van der Waals surface area contributed by atoms with E-state index in [4.69, 9.17) is 0 Å². The Labute approximate surface area is 97.1 Å². The van der Waals surface area contributed by atoms with E-state index in [2.05, 4.69) is 17.6 Å². The maximum absolute atomic E-state index is 12.0. The average Bonchev–Trinajstić information content (AvgIpc) is 3.03. The zero-order valence-electron chi connectivity index (χ0n) is 10.1. The van der Waals surface area contributed by atoms with Crippen LogP contribution in [0.25, 0.3) is 0 Å². The molecule has 3 heteroatoms. The number of carbonyl (C=O) groups excluding carboxylic acids is 1. The van der Waals surface area contributed by atoms with Crippen LogP contribution in [-0.2, 0) is 18.4 Å². The molecule has 3 nitrogen and oxygen atoms in total. The molecule has 88 valence electrons. The largest absolute Gasteiger partial charge is 0.353 e. The minimum atomic E-state index is 0.326. The highest BCUT2D eigenvalue weighted by Crippen LogP contribution is 2.31. The van der Waals surface area contributed by atoms with Gasteiger partial charge in [-0.1, -0.05) is 6.92 Å². The summed E-state index contributed by atoms with van der Waals surface area (Å²) in [6.45, 7) is 3.76. The Morgan fingerprint density at radius 3 is 2.81 bits per heavy atom. The molecule has 0 aromatic carbocycles. The Hall–Kier alpha value is -1.25. The molecule has 0 radical (unpaired) electrons. The second-order valence-electron chi connectivity index (χ2n) is 4.64. The molecule has 1 fully saturated rings. The van der Waals surface area contributed by atoms with Gasteiger partial charge in [0, 0.05) is 31.4 Å². The third-order valence-corrected chi connectivity index (χ3v) is 3.14. The van der Waals surface area contributed by atoms with Gasteiger partial charge in [0.1, 0.15) is 0 Å². The van der Waals surface area contributed by atoms with Crippen LogP contribution in [-0.4, -0.2) is 21.9 Å². The van der Waals surface area contributed by atoms with Crippen molar-refractivity contribution in [3.63, 3.8) is 0 Å². The van der Waals surface area contributed by atoms with Gasteiger partial charge in [0.2, 0.25) is 5.91 Å². The standard InChI is InChI=1S/C13H20N2O/c1-3-8-15(13(16)11-6-7-11)10-12-5-4-9-14(12)2/h4-5,9,11H,3,6-8,10H2,1-2H3. The second kappa shape index (κ2) is 4.73. The number of amides is 1. The highest BCUT2D eigenvalue weighted by atomic mass is 16.2. The minimum absolute atomic E-state index is 0.326. The number of rotatable bonds is 5. The SMILES string of the molecule is CCCN(Cc1cccn1C)C(=O)C1CC1. The number of hydrogen-bond acceptors (Lipinski definition) is 1. The number of hydrogen-bond donors (Lipinski definition) is 0. The molecule has 1 heterocycles. The molecule has 1 aliphatic carbocycles.